The van der Waals surface area contributed by atoms with Crippen molar-refractivity contribution in [3.05, 3.63) is 68.7 Å². The highest BCUT2D eigenvalue weighted by Crippen LogP contribution is 2.38. The summed E-state index contributed by atoms with van der Waals surface area (Å²) in [6, 6.07) is 4.76. The van der Waals surface area contributed by atoms with E-state index in [0.29, 0.717) is 23.1 Å². The van der Waals surface area contributed by atoms with E-state index in [4.69, 9.17) is 20.8 Å². The molecule has 0 spiro atoms. The van der Waals surface area contributed by atoms with E-state index in [2.05, 4.69) is 10.6 Å². The first-order valence-corrected chi connectivity index (χ1v) is 11.4. The fourth-order valence-electron chi connectivity index (χ4n) is 3.88. The maximum atomic E-state index is 12.4. The van der Waals surface area contributed by atoms with Crippen molar-refractivity contribution in [1.29, 1.82) is 0 Å². The number of amides is 2. The summed E-state index contributed by atoms with van der Waals surface area (Å²) in [6.07, 6.45) is 1.99. The van der Waals surface area contributed by atoms with Crippen LogP contribution in [-0.2, 0) is 28.0 Å². The largest absolute Gasteiger partial charge is 0.508 e. The van der Waals surface area contributed by atoms with Crippen molar-refractivity contribution >= 4 is 28.9 Å². The quantitative estimate of drug-likeness (QED) is 0.324. The Hall–Kier alpha value is -3.83. The lowest BCUT2D eigenvalue weighted by Gasteiger charge is -2.20. The van der Waals surface area contributed by atoms with E-state index in [1.807, 2.05) is 13.8 Å². The van der Waals surface area contributed by atoms with Gasteiger partial charge in [0, 0.05) is 12.5 Å². The number of carbonyl (C=O) groups excluding carboxylic acids is 2. The Morgan fingerprint density at radius 3 is 2.59 bits per heavy atom. The number of thiophene rings is 1. The van der Waals surface area contributed by atoms with E-state index in [0.717, 1.165) is 0 Å². The monoisotopic (exact) mass is 484 g/mol. The zero-order valence-electron chi connectivity index (χ0n) is 18.5. The van der Waals surface area contributed by atoms with Crippen LogP contribution in [-0.4, -0.2) is 27.2 Å². The van der Waals surface area contributed by atoms with Gasteiger partial charge in [0.25, 0.3) is 5.91 Å². The molecule has 0 aliphatic carbocycles. The average molecular weight is 485 g/mol. The normalized spacial score (nSPS) is 17.6. The van der Waals surface area contributed by atoms with Gasteiger partial charge in [-0.25, -0.2) is 0 Å². The number of aryl methyl sites for hydroxylation is 2. The minimum Gasteiger partial charge on any atom is -0.508 e. The number of hydrogen-bond donors (Lipinski definition) is 5. The third kappa shape index (κ3) is 3.99. The molecule has 1 atom stereocenters. The van der Waals surface area contributed by atoms with Crippen molar-refractivity contribution in [1.82, 2.24) is 10.6 Å². The summed E-state index contributed by atoms with van der Waals surface area (Å²) < 4.78 is 5.41. The Kier molecular flexibility index (Phi) is 6.07. The number of nitrogens with two attached hydrogens (primary N) is 2. The van der Waals surface area contributed by atoms with Crippen LogP contribution in [0.5, 0.6) is 11.5 Å². The molecule has 2 amide bonds. The van der Waals surface area contributed by atoms with Crippen LogP contribution in [0.3, 0.4) is 0 Å². The Morgan fingerprint density at radius 2 is 1.97 bits per heavy atom. The first-order chi connectivity index (χ1) is 16.1. The Balaban J connectivity index is 1.71. The third-order valence-corrected chi connectivity index (χ3v) is 6.43. The molecule has 3 heterocycles. The van der Waals surface area contributed by atoms with Gasteiger partial charge in [-0.3, -0.25) is 9.59 Å². The number of primary amides is 2. The molecule has 34 heavy (non-hydrogen) atoms. The number of nitrogens with zero attached hydrogens (tertiary/aromatic N) is 1. The molecule has 0 radical (unpaired) electrons. The second-order valence-corrected chi connectivity index (χ2v) is 9.07. The molecule has 1 aliphatic rings. The molecule has 0 bridgehead atoms. The van der Waals surface area contributed by atoms with Crippen LogP contribution in [0.25, 0.3) is 5.76 Å². The van der Waals surface area contributed by atoms with Crippen LogP contribution < -0.4 is 16.9 Å². The highest BCUT2D eigenvalue weighted by molar-refractivity contribution is 7.08. The van der Waals surface area contributed by atoms with Crippen LogP contribution in [0.4, 0.5) is 0 Å². The van der Waals surface area contributed by atoms with Gasteiger partial charge >= 0.3 is 0 Å². The fourth-order valence-corrected chi connectivity index (χ4v) is 4.59. The molecule has 178 valence electrons. The van der Waals surface area contributed by atoms with Crippen LogP contribution in [0.1, 0.15) is 58.3 Å². The zero-order chi connectivity index (χ0) is 24.6. The molecule has 0 fully saturated rings. The van der Waals surface area contributed by atoms with Gasteiger partial charge in [-0.2, -0.15) is 11.3 Å². The van der Waals surface area contributed by atoms with Gasteiger partial charge in [0.15, 0.2) is 17.0 Å². The van der Waals surface area contributed by atoms with E-state index in [1.165, 1.54) is 23.5 Å². The molecule has 11 heteroatoms. The number of hydroxylamine groups is 1. The smallest absolute Gasteiger partial charge is 0.271 e. The van der Waals surface area contributed by atoms with E-state index in [-0.39, 0.29) is 46.6 Å². The molecular weight excluding hydrogens is 460 g/mol. The van der Waals surface area contributed by atoms with Crippen LogP contribution >= 0.6 is 11.3 Å². The van der Waals surface area contributed by atoms with Crippen molar-refractivity contribution in [2.45, 2.75) is 38.1 Å². The summed E-state index contributed by atoms with van der Waals surface area (Å²) in [5.41, 5.74) is 14.3. The number of rotatable bonds is 8. The van der Waals surface area contributed by atoms with Gasteiger partial charge in [0.2, 0.25) is 5.91 Å². The summed E-state index contributed by atoms with van der Waals surface area (Å²) >= 11 is 1.38. The first kappa shape index (κ1) is 23.3. The molecular formula is C23H24N4O6S. The maximum Gasteiger partial charge on any atom is 0.271 e. The van der Waals surface area contributed by atoms with E-state index in [1.54, 1.807) is 22.9 Å². The Labute approximate surface area is 198 Å². The number of benzene rings is 1. The summed E-state index contributed by atoms with van der Waals surface area (Å²) in [4.78, 5) is 30.0. The van der Waals surface area contributed by atoms with Gasteiger partial charge in [-0.05, 0) is 58.0 Å². The minimum absolute atomic E-state index is 0.0134. The lowest BCUT2D eigenvalue weighted by atomic mass is 9.91. The summed E-state index contributed by atoms with van der Waals surface area (Å²) in [5, 5.41) is 27.7. The second kappa shape index (κ2) is 8.84. The van der Waals surface area contributed by atoms with Crippen molar-refractivity contribution < 1.29 is 29.2 Å². The van der Waals surface area contributed by atoms with Gasteiger partial charge in [0.05, 0.1) is 5.56 Å². The summed E-state index contributed by atoms with van der Waals surface area (Å²) in [7, 11) is 0. The van der Waals surface area contributed by atoms with Crippen molar-refractivity contribution in [3.63, 3.8) is 0 Å². The molecule has 3 aromatic rings. The van der Waals surface area contributed by atoms with Gasteiger partial charge in [-0.15, -0.1) is 5.48 Å². The van der Waals surface area contributed by atoms with Crippen molar-refractivity contribution in [3.8, 4) is 11.5 Å². The number of nitrogens with one attached hydrogen (secondary N) is 1. The predicted molar refractivity (Wildman–Crippen MR) is 124 cm³/mol. The number of hydrogen-bond acceptors (Lipinski definition) is 9. The molecule has 7 N–H and O–H groups in total. The lowest BCUT2D eigenvalue weighted by molar-refractivity contribution is -0.125. The fraction of sp³-hybridized carbons (Fsp3) is 0.261. The molecule has 1 aromatic carbocycles. The first-order valence-electron chi connectivity index (χ1n) is 10.5. The highest BCUT2D eigenvalue weighted by atomic mass is 32.1. The lowest BCUT2D eigenvalue weighted by Crippen LogP contribution is -2.47. The van der Waals surface area contributed by atoms with Gasteiger partial charge in [0.1, 0.15) is 17.3 Å². The third-order valence-electron chi connectivity index (χ3n) is 5.75. The molecule has 0 saturated carbocycles. The van der Waals surface area contributed by atoms with Gasteiger partial charge < -0.3 is 31.0 Å². The number of carbonyl (C=O) groups is 2. The van der Waals surface area contributed by atoms with Gasteiger partial charge in [-0.1, -0.05) is 19.0 Å². The zero-order valence-corrected chi connectivity index (χ0v) is 19.3. The van der Waals surface area contributed by atoms with E-state index >= 15 is 0 Å². The Morgan fingerprint density at radius 1 is 1.21 bits per heavy atom. The number of aromatic nitrogens is 1. The van der Waals surface area contributed by atoms with Crippen LogP contribution in [0.2, 0.25) is 0 Å². The SMILES string of the molecule is CC(C)c1cc(CCc2onc(C(N)=O)c2C2=CC(C(N)=O)(c3ccsc3)NO2)c(O)cc1O. The average Bonchev–Trinajstić information content (AvgIpc) is 3.51. The van der Waals surface area contributed by atoms with Crippen molar-refractivity contribution in [2.24, 2.45) is 11.5 Å². The molecule has 2 aromatic heterocycles. The Bertz CT molecular complexity index is 1280. The van der Waals surface area contributed by atoms with Crippen LogP contribution in [0, 0.1) is 0 Å². The summed E-state index contributed by atoms with van der Waals surface area (Å²) in [5.74, 6) is -1.16. The van der Waals surface area contributed by atoms with Crippen LogP contribution in [0.15, 0.2) is 39.6 Å². The van der Waals surface area contributed by atoms with E-state index in [9.17, 15) is 19.8 Å². The molecule has 1 aliphatic heterocycles. The molecule has 4 rings (SSSR count). The van der Waals surface area contributed by atoms with Crippen molar-refractivity contribution in [2.75, 3.05) is 0 Å². The molecule has 0 saturated heterocycles. The van der Waals surface area contributed by atoms with E-state index < -0.39 is 17.4 Å². The molecule has 1 unspecified atom stereocenters. The second-order valence-electron chi connectivity index (χ2n) is 8.29. The molecule has 10 nitrogen and oxygen atoms in total. The minimum atomic E-state index is -1.44. The number of phenolic OH excluding ortho intramolecular Hbond substituents is 2. The topological polar surface area (TPSA) is 174 Å². The predicted octanol–water partition coefficient (Wildman–Crippen LogP) is 2.41. The number of phenols is 2. The summed E-state index contributed by atoms with van der Waals surface area (Å²) in [6.45, 7) is 3.86. The standard InChI is InChI=1S/C23H24N4O6S/c1-11(2)14-7-12(15(28)8-16(14)29)3-4-17-19(20(21(24)30)26-32-17)18-9-23(22(25)31,27-33-18)13-5-6-34-10-13/h5-11,27-29H,3-4H2,1-2H3,(H2,24,30)(H2,25,31). The maximum absolute atomic E-state index is 12.4. The number of aromatic hydroxyl groups is 2. The highest BCUT2D eigenvalue weighted by Gasteiger charge is 2.44.